The summed E-state index contributed by atoms with van der Waals surface area (Å²) < 4.78 is 124. The van der Waals surface area contributed by atoms with Crippen molar-refractivity contribution < 1.29 is 58.6 Å². The van der Waals surface area contributed by atoms with E-state index in [1.807, 2.05) is 87.4 Å². The number of rotatable bonds is 9. The summed E-state index contributed by atoms with van der Waals surface area (Å²) >= 11 is 0. The van der Waals surface area contributed by atoms with Crippen molar-refractivity contribution in [1.29, 1.82) is 0 Å². The van der Waals surface area contributed by atoms with Crippen LogP contribution in [0.4, 0.5) is 0 Å². The Bertz CT molecular complexity index is 9690. The van der Waals surface area contributed by atoms with E-state index in [1.54, 1.807) is 24.5 Å². The highest BCUT2D eigenvalue weighted by Crippen LogP contribution is 2.48. The molecule has 0 aliphatic heterocycles. The number of furan rings is 5. The molecule has 2 aliphatic carbocycles. The Hall–Kier alpha value is -15.7. The molecule has 0 bridgehead atoms. The second kappa shape index (κ2) is 37.4. The zero-order valence-electron chi connectivity index (χ0n) is 93.4. The highest BCUT2D eigenvalue weighted by molar-refractivity contribution is 6.22. The van der Waals surface area contributed by atoms with Crippen LogP contribution in [0.25, 0.3) is 220 Å². The van der Waals surface area contributed by atoms with Gasteiger partial charge in [0.25, 0.3) is 0 Å². The van der Waals surface area contributed by atoms with Crippen molar-refractivity contribution in [2.24, 2.45) is 35.2 Å². The minimum absolute atomic E-state index is 0.323. The largest absolute Gasteiger partial charge is 0.454 e. The van der Waals surface area contributed by atoms with Crippen LogP contribution in [0.2, 0.25) is 0 Å². The normalized spacial score (nSPS) is 15.4. The summed E-state index contributed by atoms with van der Waals surface area (Å²) in [4.78, 5) is 0. The highest BCUT2D eigenvalue weighted by atomic mass is 16.3. The number of aryl methyl sites for hydroxylation is 11. The Morgan fingerprint density at radius 3 is 0.797 bits per heavy atom. The Balaban J connectivity index is 0.000000104. The van der Waals surface area contributed by atoms with Gasteiger partial charge in [-0.3, -0.25) is 0 Å². The lowest BCUT2D eigenvalue weighted by Crippen LogP contribution is -2.31. The second-order valence-corrected chi connectivity index (χ2v) is 39.7. The SMILES string of the molecule is [2H]C(C)(C)c1ccc(-c2c(C)ccc3c2oc2c4ccccc4ccc32)[n+](C)c1.[2H]C([2H])([2H])C([2H])(C)c1ccc(-c2c(C)ccc3c2oc2c4ccccc4ccc32)[n+](C)c1.[2H]C([2H])([2H])c1ccc(-c2c(C)ccc3c2oc2c4ccccc4ccc32)[n+](C)c1.[2H]C1(c2cc[n+](C)c(-c3c(C)ccc4c3oc3c5ccccc5ccc43)c2)CCCC1.[2H]C1(c2cc[n+](C)c(-c3c(C)ccc4c3oc3c5ccccc5ccc43)c2)CCCCC1. The third-order valence-electron chi connectivity index (χ3n) is 30.2. The van der Waals surface area contributed by atoms with Crippen molar-refractivity contribution in [2.45, 2.75) is 150 Å². The monoisotopic (exact) mass is 1880 g/mol. The van der Waals surface area contributed by atoms with Crippen molar-refractivity contribution in [3.8, 4) is 56.3 Å². The summed E-state index contributed by atoms with van der Waals surface area (Å²) in [6.07, 6.45) is 19.3. The standard InChI is InChI=1S/C29H28NO.C28H26NO.2C26H24NO.C24H20NO/c1-19-12-14-25-24-15-13-21-10-6-7-11-23(21)28(24)31-29(25)27(19)26-18-22(16-17-30(26)2)20-8-4-3-5-9-20;1-18-11-13-24-23-14-12-20-9-5-6-10-22(20)27(23)30-28(24)26(18)25-17-21(15-16-29(25)2)19-7-3-4-8-19;2*1-16(2)19-11-14-23(27(4)15-19)24-17(3)9-12-22-21-13-10-18-7-5-6-8-20(18)25(21)28-26(22)24;1-15-8-13-21(25(3)14-15)22-16(2)9-11-20-19-12-10-17-6-4-5-7-18(17)23(19)26-24(20)22/h6-7,10-18,20H,3-5,8-9H2,1-2H3;5-6,9-17,19H,3-4,7-8H2,1-2H3;2*5-16H,1-4H3;4-14H,1-3H3/q5*+1/i20D;19D;1D3,16D;16D;1D3. The van der Waals surface area contributed by atoms with Crippen molar-refractivity contribution in [1.82, 2.24) is 0 Å². The Kier molecular flexibility index (Phi) is 20.9. The minimum atomic E-state index is -2.42. The Morgan fingerprint density at radius 2 is 0.517 bits per heavy atom. The molecule has 1 atom stereocenters. The molecule has 0 N–H and O–H groups in total. The molecule has 0 radical (unpaired) electrons. The first-order valence-electron chi connectivity index (χ1n) is 55.1. The average molecular weight is 1880 g/mol. The Morgan fingerprint density at radius 1 is 0.259 bits per heavy atom. The number of fused-ring (bicyclic) bond motifs is 25. The molecule has 1 unspecified atom stereocenters. The third kappa shape index (κ3) is 16.4. The molecule has 2 fully saturated rings. The van der Waals surface area contributed by atoms with Gasteiger partial charge in [0.2, 0.25) is 28.5 Å². The zero-order chi connectivity index (χ0) is 107. The topological polar surface area (TPSA) is 85.1 Å². The van der Waals surface area contributed by atoms with Crippen LogP contribution in [0.3, 0.4) is 0 Å². The molecule has 0 saturated heterocycles. The van der Waals surface area contributed by atoms with Gasteiger partial charge in [-0.1, -0.05) is 272 Å². The molecule has 27 rings (SSSR count). The number of aromatic nitrogens is 5. The van der Waals surface area contributed by atoms with Gasteiger partial charge in [-0.2, -0.15) is 0 Å². The molecule has 0 spiro atoms. The number of hydrogen-bond donors (Lipinski definition) is 0. The molecule has 10 nitrogen and oxygen atoms in total. The summed E-state index contributed by atoms with van der Waals surface area (Å²) in [6.45, 7) is 11.3. The molecule has 10 heteroatoms. The first-order chi connectivity index (χ1) is 73.4. The van der Waals surface area contributed by atoms with E-state index >= 15 is 0 Å². The molecular weight excluding hydrogens is 1750 g/mol. The predicted molar refractivity (Wildman–Crippen MR) is 593 cm³/mol. The molecule has 10 aromatic heterocycles. The van der Waals surface area contributed by atoms with E-state index in [0.29, 0.717) is 11.1 Å². The van der Waals surface area contributed by atoms with E-state index in [0.717, 1.165) is 283 Å². The van der Waals surface area contributed by atoms with Crippen LogP contribution in [0.15, 0.2) is 356 Å². The van der Waals surface area contributed by atoms with Crippen LogP contribution in [0.1, 0.15) is 178 Å². The summed E-state index contributed by atoms with van der Waals surface area (Å²) in [5.41, 5.74) is 29.2. The van der Waals surface area contributed by atoms with Gasteiger partial charge in [0.05, 0.1) is 27.8 Å². The fraction of sp³-hybridized carbons (Fsp3) is 0.211. The van der Waals surface area contributed by atoms with Gasteiger partial charge in [0.1, 0.15) is 91.1 Å². The van der Waals surface area contributed by atoms with Crippen LogP contribution in [0, 0.1) is 41.5 Å². The van der Waals surface area contributed by atoms with Gasteiger partial charge >= 0.3 is 0 Å². The second-order valence-electron chi connectivity index (χ2n) is 39.7. The van der Waals surface area contributed by atoms with E-state index in [-0.39, 0.29) is 0 Å². The van der Waals surface area contributed by atoms with Gasteiger partial charge in [-0.25, -0.2) is 22.8 Å². The van der Waals surface area contributed by atoms with Crippen molar-refractivity contribution in [3.63, 3.8) is 0 Å². The molecule has 2 aliphatic rings. The molecule has 2 saturated carbocycles. The van der Waals surface area contributed by atoms with Crippen molar-refractivity contribution in [3.05, 3.63) is 390 Å². The number of nitrogens with zero attached hydrogens (tertiary/aromatic N) is 5. The maximum Gasteiger partial charge on any atom is 0.216 e. The van der Waals surface area contributed by atoms with E-state index < -0.39 is 37.3 Å². The zero-order valence-corrected chi connectivity index (χ0v) is 83.4. The summed E-state index contributed by atoms with van der Waals surface area (Å²) in [6, 6.07) is 105. The maximum absolute atomic E-state index is 9.15. The maximum atomic E-state index is 9.15. The Labute approximate surface area is 849 Å². The van der Waals surface area contributed by atoms with Crippen molar-refractivity contribution in [2.75, 3.05) is 0 Å². The summed E-state index contributed by atoms with van der Waals surface area (Å²) in [7, 11) is 9.97. The van der Waals surface area contributed by atoms with Gasteiger partial charge in [0, 0.05) is 154 Å². The van der Waals surface area contributed by atoms with Gasteiger partial charge < -0.3 is 22.1 Å². The van der Waals surface area contributed by atoms with Crippen LogP contribution >= 0.6 is 0 Å². The lowest BCUT2D eigenvalue weighted by molar-refractivity contribution is -0.661. The van der Waals surface area contributed by atoms with Crippen LogP contribution in [0.5, 0.6) is 0 Å². The third-order valence-corrected chi connectivity index (χ3v) is 30.2. The summed E-state index contributed by atoms with van der Waals surface area (Å²) in [5, 5.41) is 22.6. The summed E-state index contributed by atoms with van der Waals surface area (Å²) in [5.74, 6) is -3.26. The molecular formula is C133H122N5O5+5. The first kappa shape index (κ1) is 80.1. The smallest absolute Gasteiger partial charge is 0.216 e. The minimum Gasteiger partial charge on any atom is -0.454 e. The first-order valence-corrected chi connectivity index (χ1v) is 50.1. The van der Waals surface area contributed by atoms with Crippen LogP contribution < -0.4 is 22.8 Å². The number of pyridine rings is 5. The molecule has 15 aromatic carbocycles. The molecule has 143 heavy (non-hydrogen) atoms. The number of hydrogen-bond acceptors (Lipinski definition) is 5. The lowest BCUT2D eigenvalue weighted by atomic mass is 9.84. The lowest BCUT2D eigenvalue weighted by Gasteiger charge is -2.21. The number of benzene rings is 15. The average Bonchev–Trinajstić information content (AvgIpc) is 1.60. The molecule has 704 valence electrons. The van der Waals surface area contributed by atoms with E-state index in [1.165, 1.54) is 46.2 Å². The quantitative estimate of drug-likeness (QED) is 0.134. The van der Waals surface area contributed by atoms with Crippen LogP contribution in [-0.4, -0.2) is 0 Å². The highest BCUT2D eigenvalue weighted by Gasteiger charge is 2.31. The van der Waals surface area contributed by atoms with E-state index in [2.05, 4.69) is 329 Å². The predicted octanol–water partition coefficient (Wildman–Crippen LogP) is 34.0. The molecule has 10 heterocycles. The van der Waals surface area contributed by atoms with Crippen molar-refractivity contribution >= 4 is 164 Å². The van der Waals surface area contributed by atoms with Crippen LogP contribution in [-0.2, 0) is 35.2 Å². The van der Waals surface area contributed by atoms with Gasteiger partial charge in [-0.15, -0.1) is 0 Å². The molecule has 25 aromatic rings. The van der Waals surface area contributed by atoms with Gasteiger partial charge in [0.15, 0.2) is 31.0 Å². The van der Waals surface area contributed by atoms with Gasteiger partial charge in [-0.05, 0) is 205 Å². The van der Waals surface area contributed by atoms with E-state index in [4.69, 9.17) is 35.8 Å². The van der Waals surface area contributed by atoms with E-state index in [9.17, 15) is 0 Å². The fourth-order valence-corrected chi connectivity index (χ4v) is 22.5. The molecule has 0 amide bonds. The fourth-order valence-electron chi connectivity index (χ4n) is 22.5.